The molecule has 5 rings (SSSR count). The number of aliphatic hydroxyl groups is 1. The predicted molar refractivity (Wildman–Crippen MR) is 186 cm³/mol. The molecular formula is C39H37N3O2. The first-order valence-electron chi connectivity index (χ1n) is 14.6. The fourth-order valence-corrected chi connectivity index (χ4v) is 5.43. The Balaban J connectivity index is 1.59. The Hall–Kier alpha value is -5.39. The van der Waals surface area contributed by atoms with Crippen molar-refractivity contribution in [3.05, 3.63) is 156 Å². The number of hydrogen-bond acceptors (Lipinski definition) is 5. The molecule has 0 atom stereocenters. The highest BCUT2D eigenvalue weighted by Gasteiger charge is 2.14. The third-order valence-electron chi connectivity index (χ3n) is 7.56. The van der Waals surface area contributed by atoms with Gasteiger partial charge in [-0.25, -0.2) is 0 Å². The van der Waals surface area contributed by atoms with Crippen LogP contribution in [0.4, 0.5) is 0 Å². The van der Waals surface area contributed by atoms with Gasteiger partial charge in [-0.2, -0.15) is 0 Å². The maximum absolute atomic E-state index is 9.29. The van der Waals surface area contributed by atoms with Gasteiger partial charge in [0.15, 0.2) is 0 Å². The number of ether oxygens (including phenoxy) is 1. The molecule has 0 heterocycles. The molecule has 0 spiro atoms. The first-order chi connectivity index (χ1) is 21.6. The third-order valence-corrected chi connectivity index (χ3v) is 7.56. The molecule has 0 fully saturated rings. The largest absolute Gasteiger partial charge is 0.493 e. The molecule has 220 valence electrons. The number of aliphatic imine (C=N–C) groups is 1. The Bertz CT molecular complexity index is 1950. The van der Waals surface area contributed by atoms with Crippen LogP contribution in [0.3, 0.4) is 0 Å². The Morgan fingerprint density at radius 3 is 2.00 bits per heavy atom. The lowest BCUT2D eigenvalue weighted by Crippen LogP contribution is -2.03. The topological polar surface area (TPSA) is 93.9 Å². The number of nitrogens with two attached hydrogens (primary N) is 2. The molecule has 5 N–H and O–H groups in total. The van der Waals surface area contributed by atoms with Gasteiger partial charge in [-0.1, -0.05) is 97.1 Å². The molecule has 0 saturated heterocycles. The van der Waals surface area contributed by atoms with E-state index in [1.54, 1.807) is 6.08 Å². The molecule has 0 aliphatic carbocycles. The number of nitrogens with zero attached hydrogens (tertiary/aromatic N) is 1. The van der Waals surface area contributed by atoms with Gasteiger partial charge in [0.2, 0.25) is 0 Å². The second-order valence-corrected chi connectivity index (χ2v) is 10.5. The quantitative estimate of drug-likeness (QED) is 0.0607. The molecule has 5 heteroatoms. The summed E-state index contributed by atoms with van der Waals surface area (Å²) in [5.41, 5.74) is 17.8. The van der Waals surface area contributed by atoms with Crippen LogP contribution < -0.4 is 11.5 Å². The van der Waals surface area contributed by atoms with E-state index >= 15 is 0 Å². The second-order valence-electron chi connectivity index (χ2n) is 10.5. The summed E-state index contributed by atoms with van der Waals surface area (Å²) in [5.74, 6) is 0. The molecule has 0 radical (unpaired) electrons. The van der Waals surface area contributed by atoms with Crippen LogP contribution in [-0.4, -0.2) is 25.0 Å². The summed E-state index contributed by atoms with van der Waals surface area (Å²) in [6.07, 6.45) is 16.1. The number of rotatable bonds is 12. The standard InChI is InChI=1S/C39H37N3O2/c1-42-22-23-44-27-33(41)13-5-7-14-36-34-15-8-9-16-35(34)37(17-6-4-12-32(40)26-43)39-25-31(20-21-38(36)39)30-19-18-28-10-2-3-11-29(28)24-30/h2-13,15-16,18-25,43H,1,14,17,26-27,40-41H2/b6-4-,7-5-,23-22-,32-12-,33-13-. The van der Waals surface area contributed by atoms with Crippen LogP contribution in [0.25, 0.3) is 43.4 Å². The summed E-state index contributed by atoms with van der Waals surface area (Å²) in [5, 5.41) is 16.6. The molecule has 5 nitrogen and oxygen atoms in total. The summed E-state index contributed by atoms with van der Waals surface area (Å²) in [4.78, 5) is 3.61. The summed E-state index contributed by atoms with van der Waals surface area (Å²) in [6, 6.07) is 30.5. The fraction of sp³-hybridized carbons (Fsp3) is 0.103. The van der Waals surface area contributed by atoms with E-state index in [-0.39, 0.29) is 13.2 Å². The van der Waals surface area contributed by atoms with Gasteiger partial charge in [-0.05, 0) is 98.4 Å². The normalized spacial score (nSPS) is 12.8. The molecular weight excluding hydrogens is 542 g/mol. The van der Waals surface area contributed by atoms with Gasteiger partial charge in [-0.15, -0.1) is 0 Å². The van der Waals surface area contributed by atoms with Crippen molar-refractivity contribution in [2.45, 2.75) is 12.8 Å². The first-order valence-corrected chi connectivity index (χ1v) is 14.6. The van der Waals surface area contributed by atoms with Crippen molar-refractivity contribution in [3.8, 4) is 11.1 Å². The molecule has 0 amide bonds. The fourth-order valence-electron chi connectivity index (χ4n) is 5.43. The number of allylic oxidation sites excluding steroid dienone is 6. The molecule has 5 aromatic rings. The smallest absolute Gasteiger partial charge is 0.127 e. The number of aliphatic hydroxyl groups excluding tert-OH is 1. The Morgan fingerprint density at radius 1 is 0.705 bits per heavy atom. The van der Waals surface area contributed by atoms with Gasteiger partial charge in [0.1, 0.15) is 12.9 Å². The van der Waals surface area contributed by atoms with E-state index in [1.807, 2.05) is 18.2 Å². The molecule has 0 aliphatic rings. The summed E-state index contributed by atoms with van der Waals surface area (Å²) >= 11 is 0. The Labute approximate surface area is 258 Å². The zero-order chi connectivity index (χ0) is 30.7. The van der Waals surface area contributed by atoms with Gasteiger partial charge in [0.05, 0.1) is 12.8 Å². The second kappa shape index (κ2) is 14.7. The molecule has 0 aliphatic heterocycles. The summed E-state index contributed by atoms with van der Waals surface area (Å²) in [6.45, 7) is 3.50. The predicted octanol–water partition coefficient (Wildman–Crippen LogP) is 7.88. The zero-order valence-corrected chi connectivity index (χ0v) is 24.7. The number of hydrogen-bond donors (Lipinski definition) is 3. The van der Waals surface area contributed by atoms with Crippen molar-refractivity contribution >= 4 is 39.0 Å². The highest BCUT2D eigenvalue weighted by atomic mass is 16.5. The van der Waals surface area contributed by atoms with Crippen LogP contribution >= 0.6 is 0 Å². The van der Waals surface area contributed by atoms with Crippen molar-refractivity contribution in [2.75, 3.05) is 13.2 Å². The van der Waals surface area contributed by atoms with E-state index in [0.717, 1.165) is 12.8 Å². The van der Waals surface area contributed by atoms with Gasteiger partial charge in [0, 0.05) is 11.4 Å². The minimum absolute atomic E-state index is 0.161. The average Bonchev–Trinajstić information content (AvgIpc) is 3.06. The highest BCUT2D eigenvalue weighted by Crippen LogP contribution is 2.37. The molecule has 0 unspecified atom stereocenters. The lowest BCUT2D eigenvalue weighted by atomic mass is 9.87. The van der Waals surface area contributed by atoms with E-state index < -0.39 is 0 Å². The molecule has 5 aromatic carbocycles. The van der Waals surface area contributed by atoms with Gasteiger partial charge in [0.25, 0.3) is 0 Å². The minimum atomic E-state index is -0.161. The number of fused-ring (bicyclic) bond motifs is 3. The lowest BCUT2D eigenvalue weighted by molar-refractivity contribution is 0.278. The van der Waals surface area contributed by atoms with Crippen molar-refractivity contribution in [3.63, 3.8) is 0 Å². The third kappa shape index (κ3) is 7.14. The van der Waals surface area contributed by atoms with Crippen LogP contribution in [-0.2, 0) is 17.6 Å². The zero-order valence-electron chi connectivity index (χ0n) is 24.7. The minimum Gasteiger partial charge on any atom is -0.493 e. The summed E-state index contributed by atoms with van der Waals surface area (Å²) < 4.78 is 5.34. The van der Waals surface area contributed by atoms with E-state index in [4.69, 9.17) is 16.2 Å². The van der Waals surface area contributed by atoms with E-state index in [1.165, 1.54) is 67.0 Å². The van der Waals surface area contributed by atoms with Crippen molar-refractivity contribution in [1.82, 2.24) is 0 Å². The van der Waals surface area contributed by atoms with Crippen molar-refractivity contribution in [1.29, 1.82) is 0 Å². The van der Waals surface area contributed by atoms with Crippen LogP contribution in [0, 0.1) is 0 Å². The molecule has 44 heavy (non-hydrogen) atoms. The number of benzene rings is 5. The van der Waals surface area contributed by atoms with Gasteiger partial charge in [-0.3, -0.25) is 4.99 Å². The average molecular weight is 580 g/mol. The van der Waals surface area contributed by atoms with Crippen LogP contribution in [0.5, 0.6) is 0 Å². The first kappa shape index (κ1) is 30.1. The molecule has 0 saturated carbocycles. The van der Waals surface area contributed by atoms with Crippen LogP contribution in [0.2, 0.25) is 0 Å². The Kier molecular flexibility index (Phi) is 10.0. The van der Waals surface area contributed by atoms with Crippen LogP contribution in [0.15, 0.2) is 150 Å². The maximum atomic E-state index is 9.29. The van der Waals surface area contributed by atoms with Gasteiger partial charge < -0.3 is 21.3 Å². The molecule has 0 bridgehead atoms. The van der Waals surface area contributed by atoms with E-state index in [2.05, 4.69) is 109 Å². The summed E-state index contributed by atoms with van der Waals surface area (Å²) in [7, 11) is 0. The van der Waals surface area contributed by atoms with Crippen molar-refractivity contribution in [2.24, 2.45) is 16.5 Å². The van der Waals surface area contributed by atoms with E-state index in [9.17, 15) is 5.11 Å². The monoisotopic (exact) mass is 579 g/mol. The van der Waals surface area contributed by atoms with Crippen molar-refractivity contribution < 1.29 is 9.84 Å². The maximum Gasteiger partial charge on any atom is 0.127 e. The Morgan fingerprint density at radius 2 is 1.30 bits per heavy atom. The van der Waals surface area contributed by atoms with Crippen LogP contribution in [0.1, 0.15) is 11.1 Å². The van der Waals surface area contributed by atoms with Gasteiger partial charge >= 0.3 is 0 Å². The molecule has 0 aromatic heterocycles. The lowest BCUT2D eigenvalue weighted by Gasteiger charge is -2.17. The SMILES string of the molecule is C=N/C=C\OC/C(N)=C/C=C\Cc1c2ccccc2c(C/C=C\C=C(/N)CO)c2cc(-c3ccc4ccccc4c3)ccc12. The highest BCUT2D eigenvalue weighted by molar-refractivity contribution is 6.07. The van der Waals surface area contributed by atoms with E-state index in [0.29, 0.717) is 11.4 Å².